The van der Waals surface area contributed by atoms with Crippen LogP contribution in [0.1, 0.15) is 30.1 Å². The highest BCUT2D eigenvalue weighted by Gasteiger charge is 2.25. The number of nitrogens with two attached hydrogens (primary N) is 1. The van der Waals surface area contributed by atoms with E-state index >= 15 is 0 Å². The zero-order chi connectivity index (χ0) is 17.7. The summed E-state index contributed by atoms with van der Waals surface area (Å²) in [7, 11) is 0. The second kappa shape index (κ2) is 7.69. The molecule has 130 valence electrons. The average Bonchev–Trinajstić information content (AvgIpc) is 3.37. The maximum Gasteiger partial charge on any atom is 0.269 e. The molecule has 24 heavy (non-hydrogen) atoms. The largest absolute Gasteiger partial charge is 0.506 e. The van der Waals surface area contributed by atoms with E-state index < -0.39 is 12.5 Å². The lowest BCUT2D eigenvalue weighted by atomic mass is 10.1. The van der Waals surface area contributed by atoms with Gasteiger partial charge < -0.3 is 31.9 Å². The van der Waals surface area contributed by atoms with Crippen molar-refractivity contribution in [3.63, 3.8) is 0 Å². The third kappa shape index (κ3) is 4.39. The molecule has 0 radical (unpaired) electrons. The predicted octanol–water partition coefficient (Wildman–Crippen LogP) is -0.00500. The van der Waals surface area contributed by atoms with Crippen LogP contribution in [-0.4, -0.2) is 41.2 Å². The summed E-state index contributed by atoms with van der Waals surface area (Å²) in [6.45, 7) is 1.77. The molecule has 0 saturated heterocycles. The summed E-state index contributed by atoms with van der Waals surface area (Å²) in [4.78, 5) is 23.7. The van der Waals surface area contributed by atoms with Gasteiger partial charge in [0.05, 0.1) is 18.0 Å². The first kappa shape index (κ1) is 17.6. The molecule has 8 heteroatoms. The van der Waals surface area contributed by atoms with Gasteiger partial charge in [0.1, 0.15) is 11.4 Å². The molecule has 1 fully saturated rings. The standard InChI is InChI=1S/C16H22N4O4/c1-2-18-15(23)9-3-6-11(13(22)7-9)20-12(8-21)14(17)16(24)19-10-4-5-10/h3,6-7,10,20-22H,2,4-5,8,17H2,1H3,(H,18,23)(H,19,24)/b14-12-. The Balaban J connectivity index is 2.15. The number of rotatable bonds is 7. The molecule has 1 aromatic rings. The van der Waals surface area contributed by atoms with Gasteiger partial charge in [-0.25, -0.2) is 0 Å². The number of nitrogens with one attached hydrogen (secondary N) is 3. The van der Waals surface area contributed by atoms with Gasteiger partial charge in [0.15, 0.2) is 0 Å². The highest BCUT2D eigenvalue weighted by Crippen LogP contribution is 2.26. The van der Waals surface area contributed by atoms with Gasteiger partial charge in [0.25, 0.3) is 11.8 Å². The van der Waals surface area contributed by atoms with Gasteiger partial charge in [-0.1, -0.05) is 0 Å². The molecule has 1 saturated carbocycles. The van der Waals surface area contributed by atoms with Crippen LogP contribution in [0.5, 0.6) is 5.75 Å². The van der Waals surface area contributed by atoms with Crippen molar-refractivity contribution >= 4 is 17.5 Å². The SMILES string of the molecule is CCNC(=O)c1ccc(N/C(CO)=C(\N)C(=O)NC2CC2)c(O)c1. The molecular formula is C16H22N4O4. The minimum Gasteiger partial charge on any atom is -0.506 e. The summed E-state index contributed by atoms with van der Waals surface area (Å²) in [5.41, 5.74) is 6.23. The fourth-order valence-corrected chi connectivity index (χ4v) is 2.02. The Hall–Kier alpha value is -2.74. The van der Waals surface area contributed by atoms with Gasteiger partial charge in [-0.3, -0.25) is 9.59 Å². The molecule has 0 heterocycles. The van der Waals surface area contributed by atoms with Crippen molar-refractivity contribution in [2.75, 3.05) is 18.5 Å². The van der Waals surface area contributed by atoms with E-state index in [-0.39, 0.29) is 34.8 Å². The number of aliphatic hydroxyl groups is 1. The Morgan fingerprint density at radius 3 is 2.58 bits per heavy atom. The average molecular weight is 334 g/mol. The monoisotopic (exact) mass is 334 g/mol. The lowest BCUT2D eigenvalue weighted by Crippen LogP contribution is -2.33. The molecule has 0 unspecified atom stereocenters. The molecule has 0 bridgehead atoms. The van der Waals surface area contributed by atoms with Crippen LogP contribution in [0.4, 0.5) is 5.69 Å². The molecule has 0 spiro atoms. The molecule has 1 aromatic carbocycles. The number of carbonyl (C=O) groups is 2. The van der Waals surface area contributed by atoms with Crippen molar-refractivity contribution in [1.82, 2.24) is 10.6 Å². The minimum atomic E-state index is -0.499. The summed E-state index contributed by atoms with van der Waals surface area (Å²) in [6, 6.07) is 4.42. The normalized spacial score (nSPS) is 14.6. The first-order chi connectivity index (χ1) is 11.5. The highest BCUT2D eigenvalue weighted by atomic mass is 16.3. The molecule has 0 aliphatic heterocycles. The molecule has 1 aliphatic rings. The van der Waals surface area contributed by atoms with E-state index in [0.717, 1.165) is 12.8 Å². The van der Waals surface area contributed by atoms with Crippen LogP contribution in [0.15, 0.2) is 29.6 Å². The lowest BCUT2D eigenvalue weighted by molar-refractivity contribution is -0.117. The first-order valence-corrected chi connectivity index (χ1v) is 7.74. The van der Waals surface area contributed by atoms with E-state index in [2.05, 4.69) is 16.0 Å². The van der Waals surface area contributed by atoms with Crippen molar-refractivity contribution in [1.29, 1.82) is 0 Å². The number of phenols is 1. The van der Waals surface area contributed by atoms with Crippen molar-refractivity contribution in [2.24, 2.45) is 5.73 Å². The maximum absolute atomic E-state index is 11.9. The number of aliphatic hydroxyl groups excluding tert-OH is 1. The molecule has 0 aromatic heterocycles. The molecule has 8 nitrogen and oxygen atoms in total. The second-order valence-electron chi connectivity index (χ2n) is 5.51. The summed E-state index contributed by atoms with van der Waals surface area (Å²) in [5, 5.41) is 27.5. The van der Waals surface area contributed by atoms with Crippen LogP contribution >= 0.6 is 0 Å². The van der Waals surface area contributed by atoms with Crippen molar-refractivity contribution in [3.05, 3.63) is 35.2 Å². The van der Waals surface area contributed by atoms with Gasteiger partial charge in [-0.15, -0.1) is 0 Å². The zero-order valence-corrected chi connectivity index (χ0v) is 13.4. The van der Waals surface area contributed by atoms with Crippen LogP contribution in [0.3, 0.4) is 0 Å². The Morgan fingerprint density at radius 2 is 2.04 bits per heavy atom. The highest BCUT2D eigenvalue weighted by molar-refractivity contribution is 5.96. The summed E-state index contributed by atoms with van der Waals surface area (Å²) in [5.74, 6) is -0.965. The van der Waals surface area contributed by atoms with E-state index in [1.54, 1.807) is 6.92 Å². The number of phenolic OH excluding ortho intramolecular Hbond substituents is 1. The van der Waals surface area contributed by atoms with E-state index in [4.69, 9.17) is 5.73 Å². The Morgan fingerprint density at radius 1 is 1.33 bits per heavy atom. The molecule has 1 aliphatic carbocycles. The maximum atomic E-state index is 11.9. The van der Waals surface area contributed by atoms with E-state index in [1.165, 1.54) is 18.2 Å². The van der Waals surface area contributed by atoms with Crippen LogP contribution in [0.2, 0.25) is 0 Å². The molecule has 2 amide bonds. The number of amides is 2. The summed E-state index contributed by atoms with van der Waals surface area (Å²) < 4.78 is 0. The van der Waals surface area contributed by atoms with E-state index in [1.807, 2.05) is 0 Å². The number of aromatic hydroxyl groups is 1. The number of carbonyl (C=O) groups excluding carboxylic acids is 2. The van der Waals surface area contributed by atoms with Crippen LogP contribution < -0.4 is 21.7 Å². The first-order valence-electron chi connectivity index (χ1n) is 7.74. The van der Waals surface area contributed by atoms with Crippen molar-refractivity contribution in [3.8, 4) is 5.75 Å². The molecule has 7 N–H and O–H groups in total. The van der Waals surface area contributed by atoms with Gasteiger partial charge >= 0.3 is 0 Å². The topological polar surface area (TPSA) is 137 Å². The summed E-state index contributed by atoms with van der Waals surface area (Å²) in [6.07, 6.45) is 1.84. The quantitative estimate of drug-likeness (QED) is 0.307. The zero-order valence-electron chi connectivity index (χ0n) is 13.4. The number of benzene rings is 1. The summed E-state index contributed by atoms with van der Waals surface area (Å²) >= 11 is 0. The number of anilines is 1. The third-order valence-corrected chi connectivity index (χ3v) is 3.52. The second-order valence-corrected chi connectivity index (χ2v) is 5.51. The van der Waals surface area contributed by atoms with Gasteiger partial charge in [0, 0.05) is 18.2 Å². The number of hydrogen-bond donors (Lipinski definition) is 6. The Bertz CT molecular complexity index is 668. The van der Waals surface area contributed by atoms with E-state index in [9.17, 15) is 19.8 Å². The Kier molecular flexibility index (Phi) is 5.64. The third-order valence-electron chi connectivity index (χ3n) is 3.52. The predicted molar refractivity (Wildman–Crippen MR) is 89.2 cm³/mol. The van der Waals surface area contributed by atoms with Crippen LogP contribution in [0, 0.1) is 0 Å². The lowest BCUT2D eigenvalue weighted by Gasteiger charge is -2.14. The van der Waals surface area contributed by atoms with Crippen LogP contribution in [-0.2, 0) is 4.79 Å². The smallest absolute Gasteiger partial charge is 0.269 e. The van der Waals surface area contributed by atoms with Gasteiger partial charge in [-0.05, 0) is 38.0 Å². The van der Waals surface area contributed by atoms with Gasteiger partial charge in [-0.2, -0.15) is 0 Å². The fraction of sp³-hybridized carbons (Fsp3) is 0.375. The fourth-order valence-electron chi connectivity index (χ4n) is 2.02. The molecular weight excluding hydrogens is 312 g/mol. The van der Waals surface area contributed by atoms with E-state index in [0.29, 0.717) is 12.1 Å². The minimum absolute atomic E-state index is 0.0780. The Labute approximate surface area is 139 Å². The van der Waals surface area contributed by atoms with Crippen molar-refractivity contribution < 1.29 is 19.8 Å². The number of hydrogen-bond acceptors (Lipinski definition) is 6. The van der Waals surface area contributed by atoms with Gasteiger partial charge in [0.2, 0.25) is 0 Å². The van der Waals surface area contributed by atoms with Crippen LogP contribution in [0.25, 0.3) is 0 Å². The molecule has 0 atom stereocenters. The van der Waals surface area contributed by atoms with Crippen molar-refractivity contribution in [2.45, 2.75) is 25.8 Å². The molecule has 2 rings (SSSR count).